The molecular formula is C13H8BrN. The molecule has 0 bridgehead atoms. The smallest absolute Gasteiger partial charge is 0.0850 e. The van der Waals surface area contributed by atoms with Crippen LogP contribution in [0.1, 0.15) is 0 Å². The van der Waals surface area contributed by atoms with E-state index < -0.39 is 0 Å². The number of hydrogen-bond donors (Lipinski definition) is 0. The van der Waals surface area contributed by atoms with Crippen molar-refractivity contribution < 1.29 is 0 Å². The van der Waals surface area contributed by atoms with Crippen LogP contribution in [0.5, 0.6) is 0 Å². The first-order chi connectivity index (χ1) is 7.36. The summed E-state index contributed by atoms with van der Waals surface area (Å²) in [6.45, 7) is 0. The second kappa shape index (κ2) is 3.31. The second-order valence-electron chi connectivity index (χ2n) is 3.49. The Morgan fingerprint density at radius 3 is 2.67 bits per heavy atom. The van der Waals surface area contributed by atoms with Crippen LogP contribution in [-0.2, 0) is 0 Å². The van der Waals surface area contributed by atoms with Crippen LogP contribution in [0, 0.1) is 0 Å². The molecule has 3 rings (SSSR count). The third-order valence-corrected chi connectivity index (χ3v) is 3.36. The van der Waals surface area contributed by atoms with E-state index in [1.165, 1.54) is 16.2 Å². The zero-order chi connectivity index (χ0) is 10.3. The third-order valence-electron chi connectivity index (χ3n) is 2.56. The van der Waals surface area contributed by atoms with Crippen LogP contribution < -0.4 is 0 Å². The van der Waals surface area contributed by atoms with Crippen molar-refractivity contribution in [1.29, 1.82) is 0 Å². The summed E-state index contributed by atoms with van der Waals surface area (Å²) in [5.41, 5.74) is 1.02. The highest BCUT2D eigenvalue weighted by atomic mass is 79.9. The third kappa shape index (κ3) is 1.33. The largest absolute Gasteiger partial charge is 0.255 e. The molecule has 2 aromatic carbocycles. The fourth-order valence-electron chi connectivity index (χ4n) is 1.84. The van der Waals surface area contributed by atoms with Gasteiger partial charge in [0.15, 0.2) is 0 Å². The van der Waals surface area contributed by atoms with Gasteiger partial charge in [0.05, 0.1) is 9.99 Å². The highest BCUT2D eigenvalue weighted by molar-refractivity contribution is 9.10. The van der Waals surface area contributed by atoms with Gasteiger partial charge >= 0.3 is 0 Å². The molecule has 0 fully saturated rings. The maximum atomic E-state index is 4.38. The summed E-state index contributed by atoms with van der Waals surface area (Å²) < 4.78 is 1.08. The van der Waals surface area contributed by atoms with Crippen LogP contribution in [0.15, 0.2) is 53.1 Å². The number of hydrogen-bond acceptors (Lipinski definition) is 1. The monoisotopic (exact) mass is 257 g/mol. The normalized spacial score (nSPS) is 11.0. The first-order valence-electron chi connectivity index (χ1n) is 4.78. The van der Waals surface area contributed by atoms with Crippen molar-refractivity contribution in [2.75, 3.05) is 0 Å². The number of halogens is 1. The van der Waals surface area contributed by atoms with Gasteiger partial charge in [-0.1, -0.05) is 30.3 Å². The Kier molecular flexibility index (Phi) is 1.96. The predicted molar refractivity (Wildman–Crippen MR) is 66.9 cm³/mol. The number of rotatable bonds is 0. The SMILES string of the molecule is Brc1c2ccccc2cc2cccnc12. The molecule has 0 radical (unpaired) electrons. The predicted octanol–water partition coefficient (Wildman–Crippen LogP) is 4.15. The van der Waals surface area contributed by atoms with Crippen LogP contribution in [-0.4, -0.2) is 4.98 Å². The molecule has 1 heterocycles. The summed E-state index contributed by atoms with van der Waals surface area (Å²) in [4.78, 5) is 4.38. The van der Waals surface area contributed by atoms with Crippen molar-refractivity contribution in [2.45, 2.75) is 0 Å². The van der Waals surface area contributed by atoms with Gasteiger partial charge < -0.3 is 0 Å². The molecule has 0 amide bonds. The minimum atomic E-state index is 1.02. The van der Waals surface area contributed by atoms with Gasteiger partial charge in [-0.25, -0.2) is 0 Å². The maximum absolute atomic E-state index is 4.38. The molecule has 2 heteroatoms. The summed E-state index contributed by atoms with van der Waals surface area (Å²) in [5, 5.41) is 3.62. The van der Waals surface area contributed by atoms with Crippen molar-refractivity contribution in [3.05, 3.63) is 53.1 Å². The highest BCUT2D eigenvalue weighted by Gasteiger charge is 2.04. The van der Waals surface area contributed by atoms with E-state index in [-0.39, 0.29) is 0 Å². The van der Waals surface area contributed by atoms with Gasteiger partial charge in [0, 0.05) is 11.6 Å². The van der Waals surface area contributed by atoms with E-state index in [4.69, 9.17) is 0 Å². The van der Waals surface area contributed by atoms with E-state index in [0.29, 0.717) is 0 Å². The average molecular weight is 258 g/mol. The van der Waals surface area contributed by atoms with E-state index in [1.807, 2.05) is 18.3 Å². The van der Waals surface area contributed by atoms with Crippen molar-refractivity contribution >= 4 is 37.6 Å². The summed E-state index contributed by atoms with van der Waals surface area (Å²) >= 11 is 3.62. The molecule has 0 unspecified atom stereocenters. The lowest BCUT2D eigenvalue weighted by atomic mass is 10.1. The lowest BCUT2D eigenvalue weighted by Gasteiger charge is -2.04. The van der Waals surface area contributed by atoms with E-state index >= 15 is 0 Å². The van der Waals surface area contributed by atoms with Crippen LogP contribution >= 0.6 is 15.9 Å². The summed E-state index contributed by atoms with van der Waals surface area (Å²) in [6.07, 6.45) is 1.82. The zero-order valence-electron chi connectivity index (χ0n) is 7.94. The average Bonchev–Trinajstić information content (AvgIpc) is 2.30. The molecule has 0 saturated heterocycles. The van der Waals surface area contributed by atoms with Crippen molar-refractivity contribution in [3.8, 4) is 0 Å². The Morgan fingerprint density at radius 1 is 0.933 bits per heavy atom. The highest BCUT2D eigenvalue weighted by Crippen LogP contribution is 2.30. The number of aromatic nitrogens is 1. The Balaban J connectivity index is 2.60. The molecule has 15 heavy (non-hydrogen) atoms. The fourth-order valence-corrected chi connectivity index (χ4v) is 2.53. The molecular weight excluding hydrogens is 250 g/mol. The van der Waals surface area contributed by atoms with Gasteiger partial charge in [0.2, 0.25) is 0 Å². The van der Waals surface area contributed by atoms with Crippen molar-refractivity contribution in [1.82, 2.24) is 4.98 Å². The zero-order valence-corrected chi connectivity index (χ0v) is 9.53. The Labute approximate surface area is 95.9 Å². The van der Waals surface area contributed by atoms with Crippen molar-refractivity contribution in [2.24, 2.45) is 0 Å². The van der Waals surface area contributed by atoms with E-state index in [0.717, 1.165) is 9.99 Å². The minimum absolute atomic E-state index is 1.02. The van der Waals surface area contributed by atoms with Gasteiger partial charge in [-0.3, -0.25) is 4.98 Å². The maximum Gasteiger partial charge on any atom is 0.0850 e. The summed E-state index contributed by atoms with van der Waals surface area (Å²) in [7, 11) is 0. The fraction of sp³-hybridized carbons (Fsp3) is 0. The van der Waals surface area contributed by atoms with Gasteiger partial charge in [-0.15, -0.1) is 0 Å². The number of pyridine rings is 1. The molecule has 0 N–H and O–H groups in total. The molecule has 72 valence electrons. The molecule has 0 spiro atoms. The summed E-state index contributed by atoms with van der Waals surface area (Å²) in [6, 6.07) is 14.5. The summed E-state index contributed by atoms with van der Waals surface area (Å²) in [5.74, 6) is 0. The lowest BCUT2D eigenvalue weighted by Crippen LogP contribution is -1.81. The molecule has 0 saturated carbocycles. The van der Waals surface area contributed by atoms with Crippen LogP contribution in [0.25, 0.3) is 21.7 Å². The van der Waals surface area contributed by atoms with Gasteiger partial charge in [-0.2, -0.15) is 0 Å². The van der Waals surface area contributed by atoms with Crippen LogP contribution in [0.3, 0.4) is 0 Å². The molecule has 3 aromatic rings. The van der Waals surface area contributed by atoms with Crippen molar-refractivity contribution in [3.63, 3.8) is 0 Å². The number of fused-ring (bicyclic) bond motifs is 2. The van der Waals surface area contributed by atoms with Gasteiger partial charge in [-0.05, 0) is 38.8 Å². The Hall–Kier alpha value is -1.41. The first-order valence-corrected chi connectivity index (χ1v) is 5.57. The topological polar surface area (TPSA) is 12.9 Å². The van der Waals surface area contributed by atoms with Crippen LogP contribution in [0.2, 0.25) is 0 Å². The molecule has 0 aliphatic rings. The second-order valence-corrected chi connectivity index (χ2v) is 4.28. The standard InChI is InChI=1S/C13H8BrN/c14-12-11-6-2-1-4-9(11)8-10-5-3-7-15-13(10)12/h1-8H. The lowest BCUT2D eigenvalue weighted by molar-refractivity contribution is 1.41. The van der Waals surface area contributed by atoms with E-state index in [9.17, 15) is 0 Å². The molecule has 0 atom stereocenters. The van der Waals surface area contributed by atoms with Gasteiger partial charge in [0.25, 0.3) is 0 Å². The minimum Gasteiger partial charge on any atom is -0.255 e. The molecule has 1 aromatic heterocycles. The number of nitrogens with zero attached hydrogens (tertiary/aromatic N) is 1. The van der Waals surface area contributed by atoms with E-state index in [1.54, 1.807) is 0 Å². The Morgan fingerprint density at radius 2 is 1.73 bits per heavy atom. The Bertz CT molecular complexity index is 592. The molecule has 0 aliphatic carbocycles. The van der Waals surface area contributed by atoms with Crippen LogP contribution in [0.4, 0.5) is 0 Å². The van der Waals surface area contributed by atoms with E-state index in [2.05, 4.69) is 51.2 Å². The molecule has 0 aliphatic heterocycles. The quantitative estimate of drug-likeness (QED) is 0.552. The first kappa shape index (κ1) is 8.86. The van der Waals surface area contributed by atoms with Gasteiger partial charge in [0.1, 0.15) is 0 Å². The molecule has 1 nitrogen and oxygen atoms in total. The number of benzene rings is 2.